The molecule has 3 rings (SSSR count). The molecule has 1 aromatic heterocycles. The predicted octanol–water partition coefficient (Wildman–Crippen LogP) is 3.44. The number of carboxylic acid groups (broad SMARTS) is 1. The van der Waals surface area contributed by atoms with Crippen LogP contribution in [0.5, 0.6) is 0 Å². The molecule has 0 bridgehead atoms. The van der Waals surface area contributed by atoms with E-state index in [1.165, 1.54) is 6.21 Å². The van der Waals surface area contributed by atoms with Crippen molar-refractivity contribution in [3.8, 4) is 0 Å². The van der Waals surface area contributed by atoms with Crippen LogP contribution in [0.2, 0.25) is 5.02 Å². The summed E-state index contributed by atoms with van der Waals surface area (Å²) in [4.78, 5) is 38.4. The number of fused-ring (bicyclic) bond motifs is 1. The zero-order valence-corrected chi connectivity index (χ0v) is 18.5. The Morgan fingerprint density at radius 1 is 1.22 bits per heavy atom. The number of carbonyl (C=O) groups is 3. The van der Waals surface area contributed by atoms with Crippen molar-refractivity contribution in [2.24, 2.45) is 10.2 Å². The van der Waals surface area contributed by atoms with E-state index in [2.05, 4.69) is 25.8 Å². The van der Waals surface area contributed by atoms with Crippen LogP contribution in [-0.4, -0.2) is 46.3 Å². The highest BCUT2D eigenvalue weighted by molar-refractivity contribution is 6.54. The van der Waals surface area contributed by atoms with Gasteiger partial charge in [-0.1, -0.05) is 18.0 Å². The van der Waals surface area contributed by atoms with Gasteiger partial charge in [-0.15, -0.1) is 5.10 Å². The topological polar surface area (TPSA) is 136 Å². The lowest BCUT2D eigenvalue weighted by molar-refractivity contribution is -0.137. The van der Waals surface area contributed by atoms with Gasteiger partial charge in [-0.25, -0.2) is 0 Å². The van der Waals surface area contributed by atoms with E-state index in [0.717, 1.165) is 6.42 Å². The van der Waals surface area contributed by atoms with Gasteiger partial charge in [-0.05, 0) is 50.5 Å². The summed E-state index contributed by atoms with van der Waals surface area (Å²) in [6.45, 7) is 4.06. The van der Waals surface area contributed by atoms with Crippen molar-refractivity contribution in [2.75, 3.05) is 11.9 Å². The van der Waals surface area contributed by atoms with Crippen LogP contribution in [-0.2, 0) is 9.59 Å². The number of nitrogens with one attached hydrogen (secondary N) is 3. The summed E-state index contributed by atoms with van der Waals surface area (Å²) in [6.07, 6.45) is 3.63. The number of aromatic amines is 1. The lowest BCUT2D eigenvalue weighted by Gasteiger charge is -2.05. The van der Waals surface area contributed by atoms with Crippen LogP contribution in [0, 0.1) is 13.8 Å². The molecule has 2 heterocycles. The van der Waals surface area contributed by atoms with Gasteiger partial charge in [0, 0.05) is 29.2 Å². The van der Waals surface area contributed by atoms with Crippen molar-refractivity contribution in [3.63, 3.8) is 0 Å². The van der Waals surface area contributed by atoms with Crippen molar-refractivity contribution in [2.45, 2.75) is 39.5 Å². The molecule has 0 unspecified atom stereocenters. The van der Waals surface area contributed by atoms with Crippen molar-refractivity contribution in [3.05, 3.63) is 51.3 Å². The number of anilines is 1. The number of halogens is 1. The highest BCUT2D eigenvalue weighted by Gasteiger charge is 2.26. The minimum absolute atomic E-state index is 0.136. The highest BCUT2D eigenvalue weighted by atomic mass is 35.5. The Hall–Kier alpha value is -3.46. The van der Waals surface area contributed by atoms with Gasteiger partial charge in [-0.3, -0.25) is 14.4 Å². The molecule has 2 amide bonds. The zero-order chi connectivity index (χ0) is 23.3. The van der Waals surface area contributed by atoms with Crippen molar-refractivity contribution >= 4 is 47.0 Å². The Kier molecular flexibility index (Phi) is 7.42. The van der Waals surface area contributed by atoms with Gasteiger partial charge in [0.15, 0.2) is 5.71 Å². The maximum absolute atomic E-state index is 12.6. The maximum Gasteiger partial charge on any atom is 0.303 e. The molecule has 4 N–H and O–H groups in total. The number of aryl methyl sites for hydroxylation is 1. The van der Waals surface area contributed by atoms with E-state index in [-0.39, 0.29) is 23.9 Å². The first kappa shape index (κ1) is 23.2. The summed E-state index contributed by atoms with van der Waals surface area (Å²) >= 11 is 6.01. The second-order valence-electron chi connectivity index (χ2n) is 7.46. The van der Waals surface area contributed by atoms with Crippen LogP contribution < -0.4 is 10.6 Å². The van der Waals surface area contributed by atoms with Gasteiger partial charge in [0.1, 0.15) is 0 Å². The first-order valence-electron chi connectivity index (χ1n) is 10.2. The molecule has 1 aliphatic heterocycles. The number of aliphatic carboxylic acids is 1. The number of nitrogens with zero attached hydrogens (tertiary/aromatic N) is 2. The van der Waals surface area contributed by atoms with E-state index in [1.807, 2.05) is 0 Å². The number of benzene rings is 1. The molecular weight excluding hydrogens is 434 g/mol. The molecule has 0 spiro atoms. The normalized spacial score (nSPS) is 14.1. The first-order valence-corrected chi connectivity index (χ1v) is 10.6. The Balaban J connectivity index is 1.65. The van der Waals surface area contributed by atoms with Crippen molar-refractivity contribution < 1.29 is 19.5 Å². The summed E-state index contributed by atoms with van der Waals surface area (Å²) in [5.41, 5.74) is 3.93. The second kappa shape index (κ2) is 10.2. The lowest BCUT2D eigenvalue weighted by atomic mass is 10.1. The Morgan fingerprint density at radius 2 is 2.00 bits per heavy atom. The molecule has 0 radical (unpaired) electrons. The third-order valence-corrected chi connectivity index (χ3v) is 5.34. The summed E-state index contributed by atoms with van der Waals surface area (Å²) in [5.74, 6) is -1.38. The minimum atomic E-state index is -0.812. The number of hydrogen-bond donors (Lipinski definition) is 4. The molecule has 1 aromatic carbocycles. The maximum atomic E-state index is 12.6. The highest BCUT2D eigenvalue weighted by Crippen LogP contribution is 2.26. The Bertz CT molecular complexity index is 1120. The lowest BCUT2D eigenvalue weighted by Crippen LogP contribution is -2.25. The van der Waals surface area contributed by atoms with E-state index in [9.17, 15) is 14.4 Å². The molecule has 10 heteroatoms. The predicted molar refractivity (Wildman–Crippen MR) is 123 cm³/mol. The number of carbonyl (C=O) groups excluding carboxylic acids is 2. The molecule has 168 valence electrons. The minimum Gasteiger partial charge on any atom is -0.481 e. The van der Waals surface area contributed by atoms with Gasteiger partial charge in [0.05, 0.1) is 23.2 Å². The molecule has 0 aliphatic carbocycles. The monoisotopic (exact) mass is 457 g/mol. The van der Waals surface area contributed by atoms with Crippen molar-refractivity contribution in [1.82, 2.24) is 10.3 Å². The van der Waals surface area contributed by atoms with E-state index in [0.29, 0.717) is 58.2 Å². The van der Waals surface area contributed by atoms with Crippen LogP contribution in [0.1, 0.15) is 58.6 Å². The average molecular weight is 458 g/mol. The molecular formula is C22H24ClN5O4. The van der Waals surface area contributed by atoms with E-state index < -0.39 is 5.97 Å². The number of hydrogen-bond acceptors (Lipinski definition) is 5. The largest absolute Gasteiger partial charge is 0.481 e. The van der Waals surface area contributed by atoms with Crippen LogP contribution in [0.4, 0.5) is 5.69 Å². The zero-order valence-electron chi connectivity index (χ0n) is 17.8. The summed E-state index contributed by atoms with van der Waals surface area (Å²) < 4.78 is 0. The first-order chi connectivity index (χ1) is 15.3. The number of aromatic nitrogens is 1. The Morgan fingerprint density at radius 3 is 2.75 bits per heavy atom. The molecule has 9 nitrogen and oxygen atoms in total. The third kappa shape index (κ3) is 5.42. The fraction of sp³-hybridized carbons (Fsp3) is 0.318. The summed E-state index contributed by atoms with van der Waals surface area (Å²) in [7, 11) is 0. The summed E-state index contributed by atoms with van der Waals surface area (Å²) in [6, 6.07) is 5.04. The SMILES string of the molecule is Cc1[nH]c(/C=N/N=C2\C(=O)Nc3ccc(Cl)cc32)c(C)c1C(=O)NCCCCCC(=O)O. The summed E-state index contributed by atoms with van der Waals surface area (Å²) in [5, 5.41) is 22.8. The molecule has 32 heavy (non-hydrogen) atoms. The van der Waals surface area contributed by atoms with Crippen LogP contribution in [0.3, 0.4) is 0 Å². The van der Waals surface area contributed by atoms with Gasteiger partial charge < -0.3 is 20.7 Å². The number of carboxylic acids is 1. The van der Waals surface area contributed by atoms with E-state index in [1.54, 1.807) is 32.0 Å². The van der Waals surface area contributed by atoms with Gasteiger partial charge in [-0.2, -0.15) is 5.10 Å². The standard InChI is InChI=1S/C22H24ClN5O4/c1-12-17(11-25-28-20-15-10-14(23)7-8-16(15)27-22(20)32)26-13(2)19(12)21(31)24-9-5-3-4-6-18(29)30/h7-8,10-11,26H,3-6,9H2,1-2H3,(H,24,31)(H,29,30)(H,27,28,32)/b25-11+. The number of H-pyrrole nitrogens is 1. The smallest absolute Gasteiger partial charge is 0.303 e. The molecule has 2 aromatic rings. The van der Waals surface area contributed by atoms with E-state index >= 15 is 0 Å². The van der Waals surface area contributed by atoms with Crippen LogP contribution in [0.15, 0.2) is 28.4 Å². The van der Waals surface area contributed by atoms with E-state index in [4.69, 9.17) is 16.7 Å². The fourth-order valence-electron chi connectivity index (χ4n) is 3.48. The van der Waals surface area contributed by atoms with Crippen LogP contribution >= 0.6 is 11.6 Å². The molecule has 0 fully saturated rings. The molecule has 0 saturated heterocycles. The fourth-order valence-corrected chi connectivity index (χ4v) is 3.65. The number of amides is 2. The number of unbranched alkanes of at least 4 members (excludes halogenated alkanes) is 2. The molecule has 0 saturated carbocycles. The number of rotatable bonds is 9. The second-order valence-corrected chi connectivity index (χ2v) is 7.90. The molecule has 1 aliphatic rings. The third-order valence-electron chi connectivity index (χ3n) is 5.10. The van der Waals surface area contributed by atoms with Crippen LogP contribution in [0.25, 0.3) is 0 Å². The molecule has 0 atom stereocenters. The van der Waals surface area contributed by atoms with Gasteiger partial charge in [0.25, 0.3) is 11.8 Å². The Labute approximate surface area is 190 Å². The average Bonchev–Trinajstić information content (AvgIpc) is 3.19. The van der Waals surface area contributed by atoms with Gasteiger partial charge in [0.2, 0.25) is 0 Å². The van der Waals surface area contributed by atoms with Crippen molar-refractivity contribution in [1.29, 1.82) is 0 Å². The quantitative estimate of drug-likeness (QED) is 0.260. The van der Waals surface area contributed by atoms with Gasteiger partial charge >= 0.3 is 5.97 Å².